The molecule has 0 amide bonds. The van der Waals surface area contributed by atoms with Crippen LogP contribution in [0.1, 0.15) is 11.1 Å². The molecule has 3 N–H and O–H groups in total. The van der Waals surface area contributed by atoms with Crippen molar-refractivity contribution in [1.82, 2.24) is 20.2 Å². The number of nitrogens with two attached hydrogens (primary N) is 1. The van der Waals surface area contributed by atoms with Gasteiger partial charge < -0.3 is 10.6 Å². The van der Waals surface area contributed by atoms with E-state index >= 15 is 0 Å². The predicted octanol–water partition coefficient (Wildman–Crippen LogP) is 1.88. The lowest BCUT2D eigenvalue weighted by Gasteiger charge is -2.19. The lowest BCUT2D eigenvalue weighted by Crippen LogP contribution is -2.18. The van der Waals surface area contributed by atoms with E-state index < -0.39 is 0 Å². The van der Waals surface area contributed by atoms with Crippen molar-refractivity contribution in [3.8, 4) is 0 Å². The molecule has 0 aliphatic carbocycles. The maximum absolute atomic E-state index is 5.74. The first-order chi connectivity index (χ1) is 9.63. The van der Waals surface area contributed by atoms with Gasteiger partial charge in [-0.2, -0.15) is 15.1 Å². The van der Waals surface area contributed by atoms with Gasteiger partial charge in [0.1, 0.15) is 5.82 Å². The highest BCUT2D eigenvalue weighted by Gasteiger charge is 2.12. The predicted molar refractivity (Wildman–Crippen MR) is 79.4 cm³/mol. The van der Waals surface area contributed by atoms with Crippen molar-refractivity contribution >= 4 is 22.8 Å². The van der Waals surface area contributed by atoms with E-state index in [1.54, 1.807) is 6.20 Å². The summed E-state index contributed by atoms with van der Waals surface area (Å²) in [6.07, 6.45) is 1.72. The maximum atomic E-state index is 5.74. The molecule has 6 heteroatoms. The fourth-order valence-corrected chi connectivity index (χ4v) is 2.29. The van der Waals surface area contributed by atoms with Crippen LogP contribution in [-0.2, 0) is 6.54 Å². The van der Waals surface area contributed by atoms with E-state index in [9.17, 15) is 0 Å². The van der Waals surface area contributed by atoms with Gasteiger partial charge in [-0.15, -0.1) is 0 Å². The summed E-state index contributed by atoms with van der Waals surface area (Å²) in [6.45, 7) is 2.83. The van der Waals surface area contributed by atoms with Gasteiger partial charge in [-0.3, -0.25) is 5.10 Å². The van der Waals surface area contributed by atoms with Gasteiger partial charge in [0.05, 0.1) is 11.6 Å². The van der Waals surface area contributed by atoms with Gasteiger partial charge >= 0.3 is 0 Å². The Morgan fingerprint density at radius 3 is 2.95 bits per heavy atom. The molecule has 102 valence electrons. The minimum absolute atomic E-state index is 0.243. The molecule has 3 rings (SSSR count). The third-order valence-electron chi connectivity index (χ3n) is 3.17. The fourth-order valence-electron chi connectivity index (χ4n) is 2.29. The lowest BCUT2D eigenvalue weighted by molar-refractivity contribution is 0.901. The smallest absolute Gasteiger partial charge is 0.224 e. The number of anilines is 2. The second-order valence-corrected chi connectivity index (χ2v) is 4.88. The van der Waals surface area contributed by atoms with Gasteiger partial charge in [0.2, 0.25) is 5.95 Å². The van der Waals surface area contributed by atoms with E-state index in [2.05, 4.69) is 51.4 Å². The molecular formula is C14H16N6. The van der Waals surface area contributed by atoms with Gasteiger partial charge in [-0.05, 0) is 12.5 Å². The summed E-state index contributed by atoms with van der Waals surface area (Å²) >= 11 is 0. The number of hydrogen-bond donors (Lipinski definition) is 2. The van der Waals surface area contributed by atoms with E-state index in [0.717, 1.165) is 17.7 Å². The standard InChI is InChI=1S/C14H16N6/c1-9-4-3-5-10(6-9)8-20(2)13-11-7-16-19-12(11)17-14(15)18-13/h3-7H,8H2,1-2H3,(H3,15,16,17,18,19). The number of benzene rings is 1. The molecule has 0 atom stereocenters. The topological polar surface area (TPSA) is 83.7 Å². The number of H-pyrrole nitrogens is 1. The summed E-state index contributed by atoms with van der Waals surface area (Å²) in [4.78, 5) is 10.5. The highest BCUT2D eigenvalue weighted by atomic mass is 15.2. The molecule has 3 aromatic rings. The first-order valence-corrected chi connectivity index (χ1v) is 6.37. The average molecular weight is 268 g/mol. The first kappa shape index (κ1) is 12.4. The number of fused-ring (bicyclic) bond motifs is 1. The minimum Gasteiger partial charge on any atom is -0.368 e. The Bertz CT molecular complexity index is 748. The Labute approximate surface area is 116 Å². The number of nitrogens with zero attached hydrogens (tertiary/aromatic N) is 4. The van der Waals surface area contributed by atoms with Crippen molar-refractivity contribution in [2.45, 2.75) is 13.5 Å². The van der Waals surface area contributed by atoms with Gasteiger partial charge in [0.25, 0.3) is 0 Å². The van der Waals surface area contributed by atoms with Gasteiger partial charge in [0.15, 0.2) is 5.65 Å². The average Bonchev–Trinajstić information content (AvgIpc) is 2.85. The number of nitrogens with one attached hydrogen (secondary N) is 1. The molecule has 0 saturated heterocycles. The molecule has 20 heavy (non-hydrogen) atoms. The van der Waals surface area contributed by atoms with E-state index in [4.69, 9.17) is 5.73 Å². The summed E-state index contributed by atoms with van der Waals surface area (Å²) in [5, 5.41) is 7.69. The van der Waals surface area contributed by atoms with Crippen LogP contribution >= 0.6 is 0 Å². The van der Waals surface area contributed by atoms with Crippen molar-refractivity contribution in [3.05, 3.63) is 41.6 Å². The molecule has 0 aliphatic heterocycles. The second kappa shape index (κ2) is 4.80. The lowest BCUT2D eigenvalue weighted by atomic mass is 10.1. The Morgan fingerprint density at radius 1 is 1.30 bits per heavy atom. The number of nitrogen functional groups attached to an aromatic ring is 1. The highest BCUT2D eigenvalue weighted by Crippen LogP contribution is 2.23. The van der Waals surface area contributed by atoms with E-state index in [0.29, 0.717) is 5.65 Å². The fraction of sp³-hybridized carbons (Fsp3) is 0.214. The van der Waals surface area contributed by atoms with Crippen LogP contribution in [0.25, 0.3) is 11.0 Å². The van der Waals surface area contributed by atoms with Crippen LogP contribution in [0.2, 0.25) is 0 Å². The molecule has 1 aromatic carbocycles. The van der Waals surface area contributed by atoms with Crippen LogP contribution in [-0.4, -0.2) is 27.2 Å². The van der Waals surface area contributed by atoms with E-state index in [-0.39, 0.29) is 5.95 Å². The van der Waals surface area contributed by atoms with Crippen molar-refractivity contribution < 1.29 is 0 Å². The molecule has 0 fully saturated rings. The zero-order valence-corrected chi connectivity index (χ0v) is 11.5. The van der Waals surface area contributed by atoms with Gasteiger partial charge in [-0.25, -0.2) is 0 Å². The Kier molecular flexibility index (Phi) is 2.98. The molecule has 6 nitrogen and oxygen atoms in total. The second-order valence-electron chi connectivity index (χ2n) is 4.88. The number of hydrogen-bond acceptors (Lipinski definition) is 5. The van der Waals surface area contributed by atoms with Crippen molar-refractivity contribution in [3.63, 3.8) is 0 Å². The minimum atomic E-state index is 0.243. The van der Waals surface area contributed by atoms with Crippen LogP contribution in [0.15, 0.2) is 30.5 Å². The summed E-state index contributed by atoms with van der Waals surface area (Å²) in [5.41, 5.74) is 8.86. The molecule has 0 spiro atoms. The van der Waals surface area contributed by atoms with Crippen LogP contribution < -0.4 is 10.6 Å². The number of rotatable bonds is 3. The summed E-state index contributed by atoms with van der Waals surface area (Å²) in [7, 11) is 1.98. The van der Waals surface area contributed by atoms with Gasteiger partial charge in [0, 0.05) is 13.6 Å². The van der Waals surface area contributed by atoms with Crippen LogP contribution in [0.5, 0.6) is 0 Å². The molecule has 0 radical (unpaired) electrons. The molecule has 0 unspecified atom stereocenters. The van der Waals surface area contributed by atoms with Crippen LogP contribution in [0.3, 0.4) is 0 Å². The zero-order valence-electron chi connectivity index (χ0n) is 11.5. The molecule has 0 bridgehead atoms. The summed E-state index contributed by atoms with van der Waals surface area (Å²) in [5.74, 6) is 1.02. The molecule has 2 aromatic heterocycles. The quantitative estimate of drug-likeness (QED) is 0.757. The van der Waals surface area contributed by atoms with Gasteiger partial charge in [-0.1, -0.05) is 29.8 Å². The van der Waals surface area contributed by atoms with Crippen molar-refractivity contribution in [1.29, 1.82) is 0 Å². The Morgan fingerprint density at radius 2 is 2.15 bits per heavy atom. The zero-order chi connectivity index (χ0) is 14.1. The van der Waals surface area contributed by atoms with Crippen LogP contribution in [0, 0.1) is 6.92 Å². The molecule has 0 saturated carbocycles. The third kappa shape index (κ3) is 2.27. The molecule has 0 aliphatic rings. The van der Waals surface area contributed by atoms with E-state index in [1.165, 1.54) is 11.1 Å². The summed E-state index contributed by atoms with van der Waals surface area (Å²) < 4.78 is 0. The largest absolute Gasteiger partial charge is 0.368 e. The third-order valence-corrected chi connectivity index (χ3v) is 3.17. The first-order valence-electron chi connectivity index (χ1n) is 6.37. The van der Waals surface area contributed by atoms with Crippen LogP contribution in [0.4, 0.5) is 11.8 Å². The Balaban J connectivity index is 1.96. The summed E-state index contributed by atoms with van der Waals surface area (Å²) in [6, 6.07) is 8.40. The number of aromatic amines is 1. The van der Waals surface area contributed by atoms with E-state index in [1.807, 2.05) is 11.9 Å². The number of aromatic nitrogens is 4. The van der Waals surface area contributed by atoms with Crippen molar-refractivity contribution in [2.24, 2.45) is 0 Å². The van der Waals surface area contributed by atoms with Crippen molar-refractivity contribution in [2.75, 3.05) is 17.7 Å². The molecular weight excluding hydrogens is 252 g/mol. The molecule has 2 heterocycles. The Hall–Kier alpha value is -2.63. The monoisotopic (exact) mass is 268 g/mol. The maximum Gasteiger partial charge on any atom is 0.224 e. The highest BCUT2D eigenvalue weighted by molar-refractivity contribution is 5.87. The normalized spacial score (nSPS) is 10.9. The number of aryl methyl sites for hydroxylation is 1. The SMILES string of the molecule is Cc1cccc(CN(C)c2nc(N)nc3[nH]ncc23)c1.